The van der Waals surface area contributed by atoms with Gasteiger partial charge in [0.25, 0.3) is 0 Å². The number of aliphatic hydroxyl groups is 4. The lowest BCUT2D eigenvalue weighted by Gasteiger charge is -2.63. The van der Waals surface area contributed by atoms with Crippen LogP contribution in [0.15, 0.2) is 0 Å². The molecular weight excluding hydrogens is 432 g/mol. The first-order valence-corrected chi connectivity index (χ1v) is 13.7. The average molecular weight is 481 g/mol. The summed E-state index contributed by atoms with van der Waals surface area (Å²) in [5, 5.41) is 53.4. The van der Waals surface area contributed by atoms with Gasteiger partial charge in [0.15, 0.2) is 0 Å². The van der Waals surface area contributed by atoms with Crippen LogP contribution in [0, 0.1) is 52.3 Å². The predicted octanol–water partition coefficient (Wildman–Crippen LogP) is 3.84. The SMILES string of the molecule is CC(C(=O)O)C(C)(O)CC[C@@H](C)[C@H]1CC[C@H]2[C@@H]3[C@H](O)C[C@@H]4C[C@H](O)CC[C@]4(C)[C@H]3C[C@H](O)[C@]12C. The van der Waals surface area contributed by atoms with Gasteiger partial charge in [-0.25, -0.2) is 0 Å². The maximum absolute atomic E-state index is 11.7. The highest BCUT2D eigenvalue weighted by molar-refractivity contribution is 5.70. The fraction of sp³-hybridized carbons (Fsp3) is 0.964. The molecule has 0 aromatic rings. The van der Waals surface area contributed by atoms with Crippen molar-refractivity contribution in [2.45, 2.75) is 116 Å². The van der Waals surface area contributed by atoms with Crippen LogP contribution in [0.4, 0.5) is 0 Å². The van der Waals surface area contributed by atoms with Gasteiger partial charge in [-0.1, -0.05) is 20.8 Å². The second-order valence-electron chi connectivity index (χ2n) is 13.5. The molecule has 4 rings (SSSR count). The fourth-order valence-corrected chi connectivity index (χ4v) is 9.34. The molecule has 0 aliphatic heterocycles. The summed E-state index contributed by atoms with van der Waals surface area (Å²) in [4.78, 5) is 11.4. The lowest BCUT2D eigenvalue weighted by Crippen LogP contribution is -2.62. The first kappa shape index (κ1) is 26.4. The van der Waals surface area contributed by atoms with Crippen LogP contribution in [0.5, 0.6) is 0 Å². The third kappa shape index (κ3) is 4.05. The highest BCUT2D eigenvalue weighted by Crippen LogP contribution is 2.68. The van der Waals surface area contributed by atoms with E-state index < -0.39 is 23.6 Å². The van der Waals surface area contributed by atoms with E-state index in [1.165, 1.54) is 0 Å². The van der Waals surface area contributed by atoms with Crippen LogP contribution in [0.3, 0.4) is 0 Å². The van der Waals surface area contributed by atoms with Crippen LogP contribution in [0.2, 0.25) is 0 Å². The van der Waals surface area contributed by atoms with Gasteiger partial charge in [-0.05, 0) is 118 Å². The second kappa shape index (κ2) is 9.00. The summed E-state index contributed by atoms with van der Waals surface area (Å²) in [5.41, 5.74) is -1.46. The number of aliphatic carboxylic acids is 1. The van der Waals surface area contributed by atoms with Crippen LogP contribution in [0.25, 0.3) is 0 Å². The summed E-state index contributed by atoms with van der Waals surface area (Å²) in [6.07, 6.45) is 6.11. The molecule has 4 aliphatic rings. The summed E-state index contributed by atoms with van der Waals surface area (Å²) in [6.45, 7) is 9.96. The Morgan fingerprint density at radius 2 is 1.71 bits per heavy atom. The number of hydrogen-bond donors (Lipinski definition) is 5. The van der Waals surface area contributed by atoms with Crippen LogP contribution in [-0.2, 0) is 4.79 Å². The van der Waals surface area contributed by atoms with Gasteiger partial charge in [0.1, 0.15) is 0 Å². The molecule has 2 unspecified atom stereocenters. The lowest BCUT2D eigenvalue weighted by atomic mass is 9.43. The number of carbonyl (C=O) groups is 1. The standard InChI is InChI=1S/C28H48O6/c1-15(8-11-27(4,34)16(2)25(32)33)19-6-7-20-24-21(14-23(31)28(19,20)5)26(3)10-9-18(29)12-17(26)13-22(24)30/h15-24,29-31,34H,6-14H2,1-5H3,(H,32,33)/t15-,16?,17+,18-,19-,20+,21+,22-,23+,24+,26+,27?,28-/m1/s1. The van der Waals surface area contributed by atoms with Crippen LogP contribution in [0.1, 0.15) is 92.4 Å². The van der Waals surface area contributed by atoms with Crippen molar-refractivity contribution in [1.82, 2.24) is 0 Å². The zero-order valence-corrected chi connectivity index (χ0v) is 21.8. The molecule has 0 heterocycles. The van der Waals surface area contributed by atoms with Crippen molar-refractivity contribution in [2.75, 3.05) is 0 Å². The van der Waals surface area contributed by atoms with E-state index in [2.05, 4.69) is 20.8 Å². The van der Waals surface area contributed by atoms with E-state index in [9.17, 15) is 30.3 Å². The number of hydrogen-bond acceptors (Lipinski definition) is 5. The maximum Gasteiger partial charge on any atom is 0.309 e. The summed E-state index contributed by atoms with van der Waals surface area (Å²) in [7, 11) is 0. The molecule has 0 aromatic heterocycles. The largest absolute Gasteiger partial charge is 0.481 e. The number of carboxylic acids is 1. The highest BCUT2D eigenvalue weighted by Gasteiger charge is 2.65. The Hall–Kier alpha value is -0.690. The predicted molar refractivity (Wildman–Crippen MR) is 130 cm³/mol. The molecule has 0 radical (unpaired) electrons. The van der Waals surface area contributed by atoms with Gasteiger partial charge in [-0.2, -0.15) is 0 Å². The van der Waals surface area contributed by atoms with Crippen molar-refractivity contribution in [3.63, 3.8) is 0 Å². The van der Waals surface area contributed by atoms with E-state index >= 15 is 0 Å². The Morgan fingerprint density at radius 1 is 1.03 bits per heavy atom. The molecule has 4 fully saturated rings. The van der Waals surface area contributed by atoms with Crippen LogP contribution >= 0.6 is 0 Å². The van der Waals surface area contributed by atoms with E-state index in [-0.39, 0.29) is 52.6 Å². The summed E-state index contributed by atoms with van der Waals surface area (Å²) >= 11 is 0. The van der Waals surface area contributed by atoms with Crippen molar-refractivity contribution in [3.05, 3.63) is 0 Å². The molecule has 4 saturated carbocycles. The fourth-order valence-electron chi connectivity index (χ4n) is 9.34. The smallest absolute Gasteiger partial charge is 0.309 e. The van der Waals surface area contributed by atoms with E-state index in [4.69, 9.17) is 0 Å². The van der Waals surface area contributed by atoms with Crippen molar-refractivity contribution >= 4 is 5.97 Å². The molecule has 5 N–H and O–H groups in total. The number of fused-ring (bicyclic) bond motifs is 5. The van der Waals surface area contributed by atoms with Gasteiger partial charge >= 0.3 is 5.97 Å². The van der Waals surface area contributed by atoms with Crippen molar-refractivity contribution in [1.29, 1.82) is 0 Å². The van der Waals surface area contributed by atoms with Crippen molar-refractivity contribution in [3.8, 4) is 0 Å². The third-order valence-electron chi connectivity index (χ3n) is 11.9. The zero-order chi connectivity index (χ0) is 25.2. The molecule has 6 nitrogen and oxygen atoms in total. The average Bonchev–Trinajstić information content (AvgIpc) is 3.12. The van der Waals surface area contributed by atoms with Crippen molar-refractivity contribution in [2.24, 2.45) is 52.3 Å². The minimum atomic E-state index is -1.26. The van der Waals surface area contributed by atoms with E-state index in [0.717, 1.165) is 51.4 Å². The van der Waals surface area contributed by atoms with Crippen LogP contribution in [-0.4, -0.2) is 55.4 Å². The van der Waals surface area contributed by atoms with Crippen molar-refractivity contribution < 1.29 is 30.3 Å². The molecule has 4 aliphatic carbocycles. The van der Waals surface area contributed by atoms with Gasteiger partial charge in [0.05, 0.1) is 29.8 Å². The number of aliphatic hydroxyl groups excluding tert-OH is 3. The molecule has 13 atom stereocenters. The Kier molecular flexibility index (Phi) is 6.98. The van der Waals surface area contributed by atoms with Gasteiger partial charge in [-0.15, -0.1) is 0 Å². The highest BCUT2D eigenvalue weighted by atomic mass is 16.4. The normalized spacial score (nSPS) is 49.8. The van der Waals surface area contributed by atoms with E-state index in [0.29, 0.717) is 12.3 Å². The summed E-state index contributed by atoms with van der Waals surface area (Å²) < 4.78 is 0. The lowest BCUT2D eigenvalue weighted by molar-refractivity contribution is -0.207. The van der Waals surface area contributed by atoms with Gasteiger partial charge in [-0.3, -0.25) is 4.79 Å². The monoisotopic (exact) mass is 480 g/mol. The Morgan fingerprint density at radius 3 is 2.35 bits per heavy atom. The van der Waals surface area contributed by atoms with E-state index in [1.807, 2.05) is 0 Å². The molecule has 0 spiro atoms. The quantitative estimate of drug-likeness (QED) is 0.394. The van der Waals surface area contributed by atoms with E-state index in [1.54, 1.807) is 13.8 Å². The molecule has 34 heavy (non-hydrogen) atoms. The zero-order valence-electron chi connectivity index (χ0n) is 21.8. The molecule has 0 bridgehead atoms. The second-order valence-corrected chi connectivity index (χ2v) is 13.5. The van der Waals surface area contributed by atoms with Gasteiger partial charge < -0.3 is 25.5 Å². The maximum atomic E-state index is 11.7. The minimum Gasteiger partial charge on any atom is -0.481 e. The topological polar surface area (TPSA) is 118 Å². The molecular formula is C28H48O6. The van der Waals surface area contributed by atoms with Gasteiger partial charge in [0, 0.05) is 0 Å². The first-order valence-electron chi connectivity index (χ1n) is 13.7. The van der Waals surface area contributed by atoms with Gasteiger partial charge in [0.2, 0.25) is 0 Å². The minimum absolute atomic E-state index is 0.0702. The molecule has 0 aromatic carbocycles. The Bertz CT molecular complexity index is 768. The molecule has 0 saturated heterocycles. The summed E-state index contributed by atoms with van der Waals surface area (Å²) in [6, 6.07) is 0. The molecule has 6 heteroatoms. The Labute approximate surface area is 205 Å². The van der Waals surface area contributed by atoms with Crippen LogP contribution < -0.4 is 0 Å². The third-order valence-corrected chi connectivity index (χ3v) is 11.9. The Balaban J connectivity index is 1.53. The molecule has 0 amide bonds. The number of rotatable bonds is 6. The summed E-state index contributed by atoms with van der Waals surface area (Å²) in [5.74, 6) is -0.200. The first-order chi connectivity index (χ1) is 15.7. The number of carboxylic acid groups (broad SMARTS) is 1. The molecule has 196 valence electrons.